The number of thioether (sulfide) groups is 1. The van der Waals surface area contributed by atoms with Crippen LogP contribution < -0.4 is 18.9 Å². The Balaban J connectivity index is 1.48. The molecule has 2 heterocycles. The number of benzene rings is 2. The van der Waals surface area contributed by atoms with E-state index in [0.29, 0.717) is 51.2 Å². The van der Waals surface area contributed by atoms with Crippen molar-refractivity contribution in [3.05, 3.63) is 52.0 Å². The highest BCUT2D eigenvalue weighted by Gasteiger charge is 2.35. The van der Waals surface area contributed by atoms with Gasteiger partial charge in [-0.25, -0.2) is 0 Å². The number of amidine groups is 2. The second-order valence-electron chi connectivity index (χ2n) is 7.28. The van der Waals surface area contributed by atoms with Gasteiger partial charge in [0.1, 0.15) is 29.8 Å². The SMILES string of the molecule is CCC1=NN2C(=N)/C(=C/c3cc(Br)c(OCCOc4cccc(OC)c4)c(OC)c3)C(=O)N=C2S1. The van der Waals surface area contributed by atoms with E-state index in [-0.39, 0.29) is 18.0 Å². The topological polar surface area (TPSA) is 106 Å². The Bertz CT molecular complexity index is 1260. The van der Waals surface area contributed by atoms with Gasteiger partial charge in [0, 0.05) is 6.07 Å². The van der Waals surface area contributed by atoms with Crippen LogP contribution in [0.4, 0.5) is 0 Å². The maximum absolute atomic E-state index is 12.6. The summed E-state index contributed by atoms with van der Waals surface area (Å²) in [7, 11) is 3.13. The predicted molar refractivity (Wildman–Crippen MR) is 140 cm³/mol. The Kier molecular flexibility index (Phi) is 7.76. The third-order valence-corrected chi connectivity index (χ3v) is 6.64. The zero-order valence-electron chi connectivity index (χ0n) is 19.3. The van der Waals surface area contributed by atoms with Crippen molar-refractivity contribution in [1.82, 2.24) is 5.01 Å². The van der Waals surface area contributed by atoms with Crippen molar-refractivity contribution in [3.63, 3.8) is 0 Å². The molecule has 4 rings (SSSR count). The number of ether oxygens (including phenoxy) is 4. The summed E-state index contributed by atoms with van der Waals surface area (Å²) in [6.07, 6.45) is 2.30. The summed E-state index contributed by atoms with van der Waals surface area (Å²) in [5.74, 6) is 1.87. The summed E-state index contributed by atoms with van der Waals surface area (Å²) in [5, 5.41) is 15.4. The summed E-state index contributed by atoms with van der Waals surface area (Å²) in [5.41, 5.74) is 0.789. The summed E-state index contributed by atoms with van der Waals surface area (Å²) in [4.78, 5) is 16.7. The largest absolute Gasteiger partial charge is 0.497 e. The smallest absolute Gasteiger partial charge is 0.283 e. The quantitative estimate of drug-likeness (QED) is 0.342. The van der Waals surface area contributed by atoms with Crippen LogP contribution in [0.1, 0.15) is 18.9 Å². The van der Waals surface area contributed by atoms with E-state index in [9.17, 15) is 4.79 Å². The van der Waals surface area contributed by atoms with Crippen LogP contribution in [0, 0.1) is 5.41 Å². The average Bonchev–Trinajstić information content (AvgIpc) is 3.28. The lowest BCUT2D eigenvalue weighted by molar-refractivity contribution is -0.114. The van der Waals surface area contributed by atoms with Crippen LogP contribution in [-0.4, -0.2) is 54.4 Å². The van der Waals surface area contributed by atoms with Gasteiger partial charge < -0.3 is 18.9 Å². The molecule has 2 aliphatic rings. The molecule has 11 heteroatoms. The first-order chi connectivity index (χ1) is 16.9. The lowest BCUT2D eigenvalue weighted by Gasteiger charge is -2.20. The first-order valence-electron chi connectivity index (χ1n) is 10.7. The van der Waals surface area contributed by atoms with Crippen LogP contribution >= 0.6 is 27.7 Å². The second kappa shape index (κ2) is 11.0. The lowest BCUT2D eigenvalue weighted by atomic mass is 10.1. The summed E-state index contributed by atoms with van der Waals surface area (Å²) in [6.45, 7) is 2.55. The molecular formula is C24H23BrN4O5S. The molecule has 0 saturated heterocycles. The van der Waals surface area contributed by atoms with Crippen molar-refractivity contribution >= 4 is 55.7 Å². The maximum atomic E-state index is 12.6. The van der Waals surface area contributed by atoms with Crippen molar-refractivity contribution in [2.75, 3.05) is 27.4 Å². The molecular weight excluding hydrogens is 536 g/mol. The highest BCUT2D eigenvalue weighted by molar-refractivity contribution is 9.10. The van der Waals surface area contributed by atoms with Crippen LogP contribution in [0.2, 0.25) is 0 Å². The third kappa shape index (κ3) is 5.51. The molecule has 0 aromatic heterocycles. The Morgan fingerprint density at radius 1 is 1.11 bits per heavy atom. The summed E-state index contributed by atoms with van der Waals surface area (Å²) in [6, 6.07) is 10.8. The van der Waals surface area contributed by atoms with Gasteiger partial charge in [-0.05, 0) is 70.0 Å². The van der Waals surface area contributed by atoms with E-state index < -0.39 is 5.91 Å². The highest BCUT2D eigenvalue weighted by Crippen LogP contribution is 2.38. The molecule has 182 valence electrons. The minimum Gasteiger partial charge on any atom is -0.497 e. The van der Waals surface area contributed by atoms with Crippen LogP contribution in [0.15, 0.2) is 56.5 Å². The normalized spacial score (nSPS) is 16.1. The van der Waals surface area contributed by atoms with Gasteiger partial charge in [-0.15, -0.1) is 0 Å². The summed E-state index contributed by atoms with van der Waals surface area (Å²) < 4.78 is 23.0. The number of halogens is 1. The number of hydrazone groups is 1. The number of carbonyl (C=O) groups is 1. The van der Waals surface area contributed by atoms with E-state index in [1.54, 1.807) is 31.4 Å². The molecule has 35 heavy (non-hydrogen) atoms. The monoisotopic (exact) mass is 558 g/mol. The fourth-order valence-corrected chi connectivity index (χ4v) is 4.70. The number of fused-ring (bicyclic) bond motifs is 1. The minimum absolute atomic E-state index is 0.0129. The van der Waals surface area contributed by atoms with E-state index in [2.05, 4.69) is 26.0 Å². The predicted octanol–water partition coefficient (Wildman–Crippen LogP) is 4.95. The zero-order chi connectivity index (χ0) is 24.9. The number of hydrogen-bond acceptors (Lipinski definition) is 8. The Morgan fingerprint density at radius 2 is 1.89 bits per heavy atom. The number of nitrogens with zero attached hydrogens (tertiary/aromatic N) is 3. The van der Waals surface area contributed by atoms with Crippen LogP contribution in [0.3, 0.4) is 0 Å². The van der Waals surface area contributed by atoms with Crippen molar-refractivity contribution in [2.45, 2.75) is 13.3 Å². The van der Waals surface area contributed by atoms with Crippen molar-refractivity contribution in [2.24, 2.45) is 10.1 Å². The fourth-order valence-electron chi connectivity index (χ4n) is 3.30. The number of amides is 1. The molecule has 0 bridgehead atoms. The van der Waals surface area contributed by atoms with Crippen molar-refractivity contribution < 1.29 is 23.7 Å². The van der Waals surface area contributed by atoms with E-state index >= 15 is 0 Å². The van der Waals surface area contributed by atoms with Crippen LogP contribution in [0.5, 0.6) is 23.0 Å². The number of aliphatic imine (C=N–C) groups is 1. The Morgan fingerprint density at radius 3 is 2.63 bits per heavy atom. The number of nitrogens with one attached hydrogen (secondary N) is 1. The molecule has 0 saturated carbocycles. The van der Waals surface area contributed by atoms with Gasteiger partial charge >= 0.3 is 0 Å². The molecule has 0 radical (unpaired) electrons. The summed E-state index contributed by atoms with van der Waals surface area (Å²) >= 11 is 4.83. The van der Waals surface area contributed by atoms with Gasteiger partial charge in [-0.2, -0.15) is 15.1 Å². The average molecular weight is 559 g/mol. The second-order valence-corrected chi connectivity index (χ2v) is 9.17. The van der Waals surface area contributed by atoms with Gasteiger partial charge in [0.15, 0.2) is 17.3 Å². The molecule has 0 unspecified atom stereocenters. The first-order valence-corrected chi connectivity index (χ1v) is 12.3. The van der Waals surface area contributed by atoms with Crippen molar-refractivity contribution in [3.8, 4) is 23.0 Å². The van der Waals surface area contributed by atoms with E-state index in [1.807, 2.05) is 25.1 Å². The first kappa shape index (κ1) is 24.8. The van der Waals surface area contributed by atoms with Crippen LogP contribution in [-0.2, 0) is 4.79 Å². The molecule has 0 spiro atoms. The lowest BCUT2D eigenvalue weighted by Crippen LogP contribution is -2.35. The minimum atomic E-state index is -0.480. The van der Waals surface area contributed by atoms with Gasteiger partial charge in [0.05, 0.1) is 24.3 Å². The standard InChI is InChI=1S/C24H23BrN4O5S/c1-4-20-28-29-22(26)17(23(30)27-24(29)35-20)10-14-11-18(25)21(19(12-14)32-3)34-9-8-33-16-7-5-6-15(13-16)31-2/h5-7,10-13,26H,4,8-9H2,1-3H3/b17-10-,26-22?. The fraction of sp³-hybridized carbons (Fsp3) is 0.250. The van der Waals surface area contributed by atoms with E-state index in [1.165, 1.54) is 23.9 Å². The van der Waals surface area contributed by atoms with E-state index in [0.717, 1.165) is 5.04 Å². The van der Waals surface area contributed by atoms with Gasteiger partial charge in [-0.1, -0.05) is 13.0 Å². The molecule has 1 amide bonds. The Labute approximate surface area is 215 Å². The molecule has 2 aromatic rings. The molecule has 0 atom stereocenters. The van der Waals surface area contributed by atoms with Crippen LogP contribution in [0.25, 0.3) is 6.08 Å². The highest BCUT2D eigenvalue weighted by atomic mass is 79.9. The van der Waals surface area contributed by atoms with Gasteiger partial charge in [0.25, 0.3) is 5.91 Å². The molecule has 9 nitrogen and oxygen atoms in total. The number of carbonyl (C=O) groups excluding carboxylic acids is 1. The Hall–Kier alpha value is -3.31. The van der Waals surface area contributed by atoms with Gasteiger partial charge in [0.2, 0.25) is 5.17 Å². The maximum Gasteiger partial charge on any atom is 0.283 e. The van der Waals surface area contributed by atoms with Crippen molar-refractivity contribution in [1.29, 1.82) is 5.41 Å². The number of hydrogen-bond donors (Lipinski definition) is 1. The number of methoxy groups -OCH3 is 2. The molecule has 1 N–H and O–H groups in total. The number of rotatable bonds is 9. The van der Waals surface area contributed by atoms with E-state index in [4.69, 9.17) is 24.4 Å². The molecule has 0 aliphatic carbocycles. The van der Waals surface area contributed by atoms with Gasteiger partial charge in [-0.3, -0.25) is 10.2 Å². The molecule has 0 fully saturated rings. The zero-order valence-corrected chi connectivity index (χ0v) is 21.7. The molecule has 2 aliphatic heterocycles. The molecule has 2 aromatic carbocycles. The third-order valence-electron chi connectivity index (χ3n) is 5.00.